The van der Waals surface area contributed by atoms with Gasteiger partial charge in [-0.2, -0.15) is 4.31 Å². The summed E-state index contributed by atoms with van der Waals surface area (Å²) >= 11 is 0. The maximum Gasteiger partial charge on any atom is 0.251 e. The Hall–Kier alpha value is -1.97. The molecular formula is C17H25N3O5S. The maximum atomic E-state index is 12.5. The van der Waals surface area contributed by atoms with E-state index >= 15 is 0 Å². The van der Waals surface area contributed by atoms with Crippen molar-refractivity contribution in [3.8, 4) is 0 Å². The Balaban J connectivity index is 1.84. The molecule has 1 heterocycles. The molecule has 1 saturated heterocycles. The van der Waals surface area contributed by atoms with Crippen molar-refractivity contribution in [2.75, 3.05) is 39.4 Å². The topological polar surface area (TPSA) is 105 Å². The molecule has 0 aromatic heterocycles. The van der Waals surface area contributed by atoms with Crippen molar-refractivity contribution in [2.45, 2.75) is 24.7 Å². The van der Waals surface area contributed by atoms with Gasteiger partial charge in [0.05, 0.1) is 18.1 Å². The van der Waals surface area contributed by atoms with Crippen molar-refractivity contribution >= 4 is 21.8 Å². The fraction of sp³-hybridized carbons (Fsp3) is 0.529. The molecule has 0 saturated carbocycles. The number of benzene rings is 1. The molecule has 0 atom stereocenters. The third kappa shape index (κ3) is 5.79. The van der Waals surface area contributed by atoms with Crippen LogP contribution in [0.15, 0.2) is 29.2 Å². The van der Waals surface area contributed by atoms with E-state index in [4.69, 9.17) is 4.74 Å². The third-order valence-electron chi connectivity index (χ3n) is 3.99. The van der Waals surface area contributed by atoms with E-state index in [2.05, 4.69) is 10.6 Å². The van der Waals surface area contributed by atoms with E-state index in [-0.39, 0.29) is 16.7 Å². The number of amides is 2. The van der Waals surface area contributed by atoms with E-state index in [0.29, 0.717) is 45.0 Å². The Morgan fingerprint density at radius 1 is 1.04 bits per heavy atom. The van der Waals surface area contributed by atoms with Crippen LogP contribution < -0.4 is 10.6 Å². The summed E-state index contributed by atoms with van der Waals surface area (Å²) in [6, 6.07) is 5.94. The van der Waals surface area contributed by atoms with Gasteiger partial charge in [-0.3, -0.25) is 9.59 Å². The molecule has 2 rings (SSSR count). The molecule has 9 heteroatoms. The Morgan fingerprint density at radius 3 is 2.19 bits per heavy atom. The number of nitrogens with zero attached hydrogens (tertiary/aromatic N) is 1. The first-order valence-electron chi connectivity index (χ1n) is 8.62. The number of morpholine rings is 1. The minimum Gasteiger partial charge on any atom is -0.379 e. The van der Waals surface area contributed by atoms with E-state index in [1.54, 1.807) is 0 Å². The predicted octanol–water partition coefficient (Wildman–Crippen LogP) is 0.354. The highest BCUT2D eigenvalue weighted by atomic mass is 32.2. The van der Waals surface area contributed by atoms with Crippen LogP contribution in [0.4, 0.5) is 0 Å². The fourth-order valence-electron chi connectivity index (χ4n) is 2.53. The third-order valence-corrected chi connectivity index (χ3v) is 5.90. The second kappa shape index (κ2) is 9.65. The van der Waals surface area contributed by atoms with Gasteiger partial charge in [0.15, 0.2) is 0 Å². The van der Waals surface area contributed by atoms with Crippen LogP contribution in [0, 0.1) is 0 Å². The molecule has 0 aliphatic carbocycles. The van der Waals surface area contributed by atoms with Crippen LogP contribution >= 0.6 is 0 Å². The minimum absolute atomic E-state index is 0.0684. The number of carbonyl (C=O) groups is 2. The summed E-state index contributed by atoms with van der Waals surface area (Å²) in [4.78, 5) is 23.0. The number of unbranched alkanes of at least 4 members (excludes halogenated alkanes) is 1. The van der Waals surface area contributed by atoms with Crippen molar-refractivity contribution in [3.63, 3.8) is 0 Å². The summed E-state index contributed by atoms with van der Waals surface area (Å²) in [5.41, 5.74) is 0.410. The summed E-state index contributed by atoms with van der Waals surface area (Å²) in [5.74, 6) is -0.319. The maximum absolute atomic E-state index is 12.5. The summed E-state index contributed by atoms with van der Waals surface area (Å²) in [6.07, 6.45) is 1.52. The number of sulfonamides is 1. The van der Waals surface area contributed by atoms with Crippen LogP contribution in [-0.4, -0.2) is 63.9 Å². The van der Waals surface area contributed by atoms with Crippen LogP contribution in [0.5, 0.6) is 0 Å². The van der Waals surface area contributed by atoms with E-state index in [1.807, 2.05) is 0 Å². The number of carbonyl (C=O) groups excluding carboxylic acids is 2. The first kappa shape index (κ1) is 20.3. The lowest BCUT2D eigenvalue weighted by molar-refractivity contribution is -0.118. The number of hydrogen-bond acceptors (Lipinski definition) is 5. The number of ether oxygens (including phenoxy) is 1. The molecule has 0 unspecified atom stereocenters. The number of nitrogens with one attached hydrogen (secondary N) is 2. The molecule has 1 aliphatic rings. The first-order chi connectivity index (χ1) is 12.4. The van der Waals surface area contributed by atoms with Gasteiger partial charge in [0, 0.05) is 38.7 Å². The van der Waals surface area contributed by atoms with Crippen LogP contribution in [0.1, 0.15) is 30.1 Å². The van der Waals surface area contributed by atoms with Gasteiger partial charge in [-0.1, -0.05) is 0 Å². The van der Waals surface area contributed by atoms with Crippen LogP contribution in [0.2, 0.25) is 0 Å². The zero-order chi connectivity index (χ0) is 19.0. The molecule has 0 radical (unpaired) electrons. The van der Waals surface area contributed by atoms with Gasteiger partial charge in [-0.05, 0) is 37.1 Å². The Kier molecular flexibility index (Phi) is 7.55. The lowest BCUT2D eigenvalue weighted by Crippen LogP contribution is -2.40. The van der Waals surface area contributed by atoms with E-state index in [1.165, 1.54) is 35.5 Å². The molecular weight excluding hydrogens is 358 g/mol. The van der Waals surface area contributed by atoms with Gasteiger partial charge >= 0.3 is 0 Å². The summed E-state index contributed by atoms with van der Waals surface area (Å²) < 4.78 is 31.6. The van der Waals surface area contributed by atoms with Crippen molar-refractivity contribution in [1.82, 2.24) is 14.9 Å². The molecule has 1 aromatic carbocycles. The van der Waals surface area contributed by atoms with E-state index < -0.39 is 10.0 Å². The molecule has 1 aliphatic heterocycles. The second-order valence-corrected chi connectivity index (χ2v) is 7.92. The predicted molar refractivity (Wildman–Crippen MR) is 96.3 cm³/mol. The van der Waals surface area contributed by atoms with Crippen molar-refractivity contribution < 1.29 is 22.7 Å². The van der Waals surface area contributed by atoms with Crippen LogP contribution in [-0.2, 0) is 19.6 Å². The molecule has 144 valence electrons. The fourth-order valence-corrected chi connectivity index (χ4v) is 3.94. The monoisotopic (exact) mass is 383 g/mol. The normalized spacial score (nSPS) is 15.4. The highest BCUT2D eigenvalue weighted by Gasteiger charge is 2.26. The van der Waals surface area contributed by atoms with Gasteiger partial charge in [0.1, 0.15) is 0 Å². The zero-order valence-corrected chi connectivity index (χ0v) is 15.7. The molecule has 26 heavy (non-hydrogen) atoms. The Bertz CT molecular complexity index is 712. The number of hydrogen-bond donors (Lipinski definition) is 2. The van der Waals surface area contributed by atoms with Gasteiger partial charge in [-0.25, -0.2) is 8.42 Å². The van der Waals surface area contributed by atoms with Crippen LogP contribution in [0.25, 0.3) is 0 Å². The molecule has 2 amide bonds. The minimum atomic E-state index is -3.55. The average Bonchev–Trinajstić information content (AvgIpc) is 2.65. The largest absolute Gasteiger partial charge is 0.379 e. The smallest absolute Gasteiger partial charge is 0.251 e. The molecule has 2 N–H and O–H groups in total. The van der Waals surface area contributed by atoms with Crippen molar-refractivity contribution in [1.29, 1.82) is 0 Å². The average molecular weight is 383 g/mol. The van der Waals surface area contributed by atoms with Gasteiger partial charge < -0.3 is 15.4 Å². The SMILES string of the molecule is CC(=O)NCCCCNC(=O)c1ccc(S(=O)(=O)N2CCOCC2)cc1. The van der Waals surface area contributed by atoms with Crippen LogP contribution in [0.3, 0.4) is 0 Å². The van der Waals surface area contributed by atoms with Gasteiger partial charge in [0.2, 0.25) is 15.9 Å². The second-order valence-electron chi connectivity index (χ2n) is 5.99. The van der Waals surface area contributed by atoms with Crippen molar-refractivity contribution in [3.05, 3.63) is 29.8 Å². The van der Waals surface area contributed by atoms with E-state index in [0.717, 1.165) is 12.8 Å². The highest BCUT2D eigenvalue weighted by molar-refractivity contribution is 7.89. The standard InChI is InChI=1S/C17H25N3O5S/c1-14(21)18-8-2-3-9-19-17(22)15-4-6-16(7-5-15)26(23,24)20-10-12-25-13-11-20/h4-7H,2-3,8-13H2,1H3,(H,18,21)(H,19,22). The molecule has 8 nitrogen and oxygen atoms in total. The summed E-state index contributed by atoms with van der Waals surface area (Å²) in [7, 11) is -3.55. The summed E-state index contributed by atoms with van der Waals surface area (Å²) in [5, 5.41) is 5.47. The number of rotatable bonds is 8. The Morgan fingerprint density at radius 2 is 1.62 bits per heavy atom. The lowest BCUT2D eigenvalue weighted by Gasteiger charge is -2.26. The van der Waals surface area contributed by atoms with Crippen molar-refractivity contribution in [2.24, 2.45) is 0 Å². The quantitative estimate of drug-likeness (QED) is 0.631. The first-order valence-corrected chi connectivity index (χ1v) is 10.1. The summed E-state index contributed by atoms with van der Waals surface area (Å²) in [6.45, 7) is 3.99. The molecule has 0 bridgehead atoms. The lowest BCUT2D eigenvalue weighted by atomic mass is 10.2. The molecule has 0 spiro atoms. The van der Waals surface area contributed by atoms with Gasteiger partial charge in [0.25, 0.3) is 5.91 Å². The zero-order valence-electron chi connectivity index (χ0n) is 14.9. The van der Waals surface area contributed by atoms with Gasteiger partial charge in [-0.15, -0.1) is 0 Å². The highest BCUT2D eigenvalue weighted by Crippen LogP contribution is 2.17. The van der Waals surface area contributed by atoms with E-state index in [9.17, 15) is 18.0 Å². The Labute approximate surface area is 153 Å². The molecule has 1 fully saturated rings. The molecule has 1 aromatic rings.